The van der Waals surface area contributed by atoms with Gasteiger partial charge in [-0.3, -0.25) is 0 Å². The summed E-state index contributed by atoms with van der Waals surface area (Å²) in [7, 11) is 0. The summed E-state index contributed by atoms with van der Waals surface area (Å²) in [6.07, 6.45) is 4.27. The second kappa shape index (κ2) is 6.16. The summed E-state index contributed by atoms with van der Waals surface area (Å²) in [5, 5.41) is 9.22. The normalized spacial score (nSPS) is 19.6. The first-order chi connectivity index (χ1) is 9.17. The molecule has 0 saturated carbocycles. The quantitative estimate of drug-likeness (QED) is 0.558. The molecule has 2 heterocycles. The van der Waals surface area contributed by atoms with Crippen molar-refractivity contribution >= 4 is 11.6 Å². The van der Waals surface area contributed by atoms with E-state index in [1.165, 1.54) is 6.42 Å². The van der Waals surface area contributed by atoms with E-state index in [0.717, 1.165) is 37.2 Å². The van der Waals surface area contributed by atoms with Gasteiger partial charge in [-0.2, -0.15) is 0 Å². The molecule has 1 aliphatic rings. The lowest BCUT2D eigenvalue weighted by atomic mass is 9.99. The van der Waals surface area contributed by atoms with Gasteiger partial charge in [0.1, 0.15) is 17.5 Å². The lowest BCUT2D eigenvalue weighted by Crippen LogP contribution is -2.41. The Morgan fingerprint density at radius 3 is 2.84 bits per heavy atom. The number of aryl methyl sites for hydroxylation is 1. The van der Waals surface area contributed by atoms with Crippen LogP contribution in [0.5, 0.6) is 0 Å². The fraction of sp³-hybridized carbons (Fsp3) is 0.692. The van der Waals surface area contributed by atoms with Crippen LogP contribution >= 0.6 is 0 Å². The molecular weight excluding hydrogens is 242 g/mol. The lowest BCUT2D eigenvalue weighted by molar-refractivity contribution is 0.262. The van der Waals surface area contributed by atoms with Crippen LogP contribution in [0, 0.1) is 13.8 Å². The fourth-order valence-corrected chi connectivity index (χ4v) is 2.76. The molecule has 0 radical (unpaired) electrons. The van der Waals surface area contributed by atoms with Gasteiger partial charge in [0, 0.05) is 24.8 Å². The maximum Gasteiger partial charge on any atom is 0.148 e. The van der Waals surface area contributed by atoms with Crippen LogP contribution in [-0.2, 0) is 0 Å². The number of rotatable bonds is 4. The van der Waals surface area contributed by atoms with Gasteiger partial charge in [0.05, 0.1) is 0 Å². The predicted octanol–water partition coefficient (Wildman–Crippen LogP) is 1.12. The summed E-state index contributed by atoms with van der Waals surface area (Å²) in [5.74, 6) is 7.84. The van der Waals surface area contributed by atoms with Crippen LogP contribution in [0.1, 0.15) is 37.1 Å². The number of aromatic nitrogens is 2. The van der Waals surface area contributed by atoms with E-state index in [2.05, 4.69) is 20.3 Å². The largest absolute Gasteiger partial charge is 0.396 e. The number of hydrogen-bond donors (Lipinski definition) is 3. The zero-order valence-electron chi connectivity index (χ0n) is 11.7. The molecule has 1 aromatic heterocycles. The van der Waals surface area contributed by atoms with Gasteiger partial charge in [-0.25, -0.2) is 15.8 Å². The van der Waals surface area contributed by atoms with Crippen molar-refractivity contribution in [2.45, 2.75) is 45.6 Å². The van der Waals surface area contributed by atoms with Crippen molar-refractivity contribution in [3.8, 4) is 0 Å². The van der Waals surface area contributed by atoms with Crippen LogP contribution in [-0.4, -0.2) is 34.3 Å². The van der Waals surface area contributed by atoms with Crippen molar-refractivity contribution in [1.82, 2.24) is 9.97 Å². The standard InChI is InChI=1S/C13H23N5O/c1-9-12(17-14)15-10(2)16-13(9)18-7-4-3-5-11(18)6-8-19/h11,19H,3-8,14H2,1-2H3,(H,15,16,17). The maximum absolute atomic E-state index is 9.22. The first-order valence-corrected chi connectivity index (χ1v) is 6.86. The van der Waals surface area contributed by atoms with Crippen molar-refractivity contribution < 1.29 is 5.11 Å². The molecule has 0 aromatic carbocycles. The van der Waals surface area contributed by atoms with E-state index < -0.39 is 0 Å². The first kappa shape index (κ1) is 14.0. The molecule has 0 amide bonds. The smallest absolute Gasteiger partial charge is 0.148 e. The van der Waals surface area contributed by atoms with E-state index in [4.69, 9.17) is 5.84 Å². The molecule has 0 spiro atoms. The number of aliphatic hydroxyl groups is 1. The zero-order chi connectivity index (χ0) is 13.8. The number of nitrogens with one attached hydrogen (secondary N) is 1. The molecular formula is C13H23N5O. The monoisotopic (exact) mass is 265 g/mol. The van der Waals surface area contributed by atoms with Crippen LogP contribution in [0.2, 0.25) is 0 Å². The second-order valence-electron chi connectivity index (χ2n) is 5.07. The molecule has 106 valence electrons. The lowest BCUT2D eigenvalue weighted by Gasteiger charge is -2.37. The Balaban J connectivity index is 2.35. The van der Waals surface area contributed by atoms with Crippen LogP contribution in [0.4, 0.5) is 11.6 Å². The SMILES string of the molecule is Cc1nc(NN)c(C)c(N2CCCCC2CCO)n1. The minimum atomic E-state index is 0.215. The highest BCUT2D eigenvalue weighted by Crippen LogP contribution is 2.29. The van der Waals surface area contributed by atoms with Gasteiger partial charge >= 0.3 is 0 Å². The molecule has 0 bridgehead atoms. The Labute approximate surface area is 114 Å². The summed E-state index contributed by atoms with van der Waals surface area (Å²) < 4.78 is 0. The molecule has 1 aromatic rings. The minimum Gasteiger partial charge on any atom is -0.396 e. The summed E-state index contributed by atoms with van der Waals surface area (Å²) >= 11 is 0. The van der Waals surface area contributed by atoms with E-state index in [1.807, 2.05) is 13.8 Å². The Bertz CT molecular complexity index is 435. The van der Waals surface area contributed by atoms with E-state index in [-0.39, 0.29) is 6.61 Å². The molecule has 19 heavy (non-hydrogen) atoms. The van der Waals surface area contributed by atoms with Gasteiger partial charge in [0.25, 0.3) is 0 Å². The van der Waals surface area contributed by atoms with Crippen molar-refractivity contribution in [2.75, 3.05) is 23.5 Å². The Morgan fingerprint density at radius 2 is 2.16 bits per heavy atom. The average Bonchev–Trinajstić information content (AvgIpc) is 2.42. The van der Waals surface area contributed by atoms with Gasteiger partial charge in [-0.05, 0) is 39.5 Å². The van der Waals surface area contributed by atoms with Crippen molar-refractivity contribution in [1.29, 1.82) is 0 Å². The van der Waals surface area contributed by atoms with Crippen LogP contribution in [0.25, 0.3) is 0 Å². The number of nitrogens with zero attached hydrogens (tertiary/aromatic N) is 3. The molecule has 6 nitrogen and oxygen atoms in total. The summed E-state index contributed by atoms with van der Waals surface area (Å²) in [4.78, 5) is 11.2. The van der Waals surface area contributed by atoms with Crippen LogP contribution < -0.4 is 16.2 Å². The zero-order valence-corrected chi connectivity index (χ0v) is 11.7. The fourth-order valence-electron chi connectivity index (χ4n) is 2.76. The van der Waals surface area contributed by atoms with Crippen molar-refractivity contribution in [2.24, 2.45) is 5.84 Å². The van der Waals surface area contributed by atoms with Gasteiger partial charge in [0.15, 0.2) is 0 Å². The Morgan fingerprint density at radius 1 is 1.37 bits per heavy atom. The Kier molecular flexibility index (Phi) is 4.55. The molecule has 1 atom stereocenters. The van der Waals surface area contributed by atoms with Gasteiger partial charge in [-0.1, -0.05) is 0 Å². The van der Waals surface area contributed by atoms with Gasteiger partial charge in [0.2, 0.25) is 0 Å². The third kappa shape index (κ3) is 2.96. The van der Waals surface area contributed by atoms with Crippen molar-refractivity contribution in [3.05, 3.63) is 11.4 Å². The summed E-state index contributed by atoms with van der Waals surface area (Å²) in [6.45, 7) is 5.04. The number of anilines is 2. The van der Waals surface area contributed by atoms with E-state index in [1.54, 1.807) is 0 Å². The molecule has 1 fully saturated rings. The molecule has 2 rings (SSSR count). The van der Waals surface area contributed by atoms with Gasteiger partial charge in [-0.15, -0.1) is 0 Å². The summed E-state index contributed by atoms with van der Waals surface area (Å²) in [5.41, 5.74) is 3.61. The number of hydrogen-bond acceptors (Lipinski definition) is 6. The highest BCUT2D eigenvalue weighted by molar-refractivity contribution is 5.58. The van der Waals surface area contributed by atoms with Crippen molar-refractivity contribution in [3.63, 3.8) is 0 Å². The third-order valence-corrected chi connectivity index (χ3v) is 3.73. The maximum atomic E-state index is 9.22. The minimum absolute atomic E-state index is 0.215. The van der Waals surface area contributed by atoms with E-state index in [0.29, 0.717) is 17.7 Å². The highest BCUT2D eigenvalue weighted by Gasteiger charge is 2.25. The topological polar surface area (TPSA) is 87.3 Å². The number of aliphatic hydroxyl groups excluding tert-OH is 1. The van der Waals surface area contributed by atoms with E-state index >= 15 is 0 Å². The Hall–Kier alpha value is -1.40. The first-order valence-electron chi connectivity index (χ1n) is 6.86. The molecule has 1 unspecified atom stereocenters. The second-order valence-corrected chi connectivity index (χ2v) is 5.07. The number of nitrogen functional groups attached to an aromatic ring is 1. The van der Waals surface area contributed by atoms with E-state index in [9.17, 15) is 5.11 Å². The molecule has 1 aliphatic heterocycles. The average molecular weight is 265 g/mol. The van der Waals surface area contributed by atoms with Crippen LogP contribution in [0.15, 0.2) is 0 Å². The molecule has 1 saturated heterocycles. The molecule has 4 N–H and O–H groups in total. The number of nitrogens with two attached hydrogens (primary N) is 1. The van der Waals surface area contributed by atoms with Crippen LogP contribution in [0.3, 0.4) is 0 Å². The number of hydrazine groups is 1. The van der Waals surface area contributed by atoms with Gasteiger partial charge < -0.3 is 15.4 Å². The molecule has 0 aliphatic carbocycles. The number of piperidine rings is 1. The predicted molar refractivity (Wildman–Crippen MR) is 76.0 cm³/mol. The highest BCUT2D eigenvalue weighted by atomic mass is 16.3. The third-order valence-electron chi connectivity index (χ3n) is 3.73. The molecule has 6 heteroatoms. The summed E-state index contributed by atoms with van der Waals surface area (Å²) in [6, 6.07) is 0.359.